The van der Waals surface area contributed by atoms with Gasteiger partial charge in [0, 0.05) is 38.8 Å². The first kappa shape index (κ1) is 25.0. The summed E-state index contributed by atoms with van der Waals surface area (Å²) in [5, 5.41) is 7.16. The van der Waals surface area contributed by atoms with Gasteiger partial charge in [0.1, 0.15) is 0 Å². The smallest absolute Gasteiger partial charge is 0.233 e. The van der Waals surface area contributed by atoms with Gasteiger partial charge in [-0.3, -0.25) is 19.5 Å². The highest BCUT2D eigenvalue weighted by molar-refractivity contribution is 14.0. The maximum absolute atomic E-state index is 12.7. The highest BCUT2D eigenvalue weighted by atomic mass is 127. The molecule has 2 N–H and O–H groups in total. The van der Waals surface area contributed by atoms with Gasteiger partial charge in [-0.15, -0.1) is 24.0 Å². The zero-order valence-electron chi connectivity index (χ0n) is 18.3. The Labute approximate surface area is 211 Å². The first-order chi connectivity index (χ1) is 15.0. The zero-order valence-corrected chi connectivity index (χ0v) is 21.4. The third-order valence-electron chi connectivity index (χ3n) is 6.60. The molecule has 2 fully saturated rings. The van der Waals surface area contributed by atoms with Crippen molar-refractivity contribution in [3.63, 3.8) is 0 Å². The summed E-state index contributed by atoms with van der Waals surface area (Å²) >= 11 is 6.08. The number of nitrogens with one attached hydrogen (secondary N) is 2. The molecule has 1 aromatic rings. The number of nitrogens with zero attached hydrogens (tertiary/aromatic N) is 2. The average Bonchev–Trinajstić information content (AvgIpc) is 3.45. The third-order valence-corrected chi connectivity index (χ3v) is 6.83. The van der Waals surface area contributed by atoms with Crippen LogP contribution in [0, 0.1) is 23.7 Å². The summed E-state index contributed by atoms with van der Waals surface area (Å²) in [7, 11) is 3.36. The molecule has 2 aliphatic carbocycles. The second-order valence-electron chi connectivity index (χ2n) is 8.34. The highest BCUT2D eigenvalue weighted by Gasteiger charge is 2.58. The molecular formula is C23H30ClIN4O3. The number of carbonyl (C=O) groups is 2. The van der Waals surface area contributed by atoms with Gasteiger partial charge in [-0.25, -0.2) is 0 Å². The number of ether oxygens (including phenoxy) is 1. The van der Waals surface area contributed by atoms with Gasteiger partial charge < -0.3 is 15.4 Å². The summed E-state index contributed by atoms with van der Waals surface area (Å²) in [4.78, 5) is 31.2. The summed E-state index contributed by atoms with van der Waals surface area (Å²) in [6.45, 7) is 1.57. The van der Waals surface area contributed by atoms with E-state index < -0.39 is 0 Å². The van der Waals surface area contributed by atoms with Crippen molar-refractivity contribution in [2.24, 2.45) is 28.7 Å². The van der Waals surface area contributed by atoms with Crippen molar-refractivity contribution in [2.75, 3.05) is 33.8 Å². The topological polar surface area (TPSA) is 83.0 Å². The van der Waals surface area contributed by atoms with Crippen molar-refractivity contribution < 1.29 is 14.3 Å². The minimum absolute atomic E-state index is 0. The van der Waals surface area contributed by atoms with E-state index in [0.29, 0.717) is 37.0 Å². The van der Waals surface area contributed by atoms with E-state index in [0.717, 1.165) is 12.0 Å². The molecule has 0 aromatic heterocycles. The van der Waals surface area contributed by atoms with E-state index in [1.165, 1.54) is 4.90 Å². The number of benzene rings is 1. The number of imide groups is 1. The van der Waals surface area contributed by atoms with Crippen LogP contribution in [0.1, 0.15) is 24.5 Å². The van der Waals surface area contributed by atoms with Crippen LogP contribution < -0.4 is 10.6 Å². The summed E-state index contributed by atoms with van der Waals surface area (Å²) in [5.74, 6) is 0.932. The van der Waals surface area contributed by atoms with Crippen molar-refractivity contribution >= 4 is 53.4 Å². The van der Waals surface area contributed by atoms with E-state index >= 15 is 0 Å². The van der Waals surface area contributed by atoms with Crippen LogP contribution in [-0.4, -0.2) is 56.5 Å². The van der Waals surface area contributed by atoms with Crippen LogP contribution in [0.15, 0.2) is 41.4 Å². The molecule has 5 unspecified atom stereocenters. The number of carbonyl (C=O) groups excluding carboxylic acids is 2. The van der Waals surface area contributed by atoms with Crippen molar-refractivity contribution in [3.05, 3.63) is 47.0 Å². The number of hydrogen-bond donors (Lipinski definition) is 2. The lowest BCUT2D eigenvalue weighted by Gasteiger charge is -2.20. The Balaban J connectivity index is 0.00000289. The second-order valence-corrected chi connectivity index (χ2v) is 8.78. The largest absolute Gasteiger partial charge is 0.375 e. The number of likely N-dealkylation sites (tertiary alicyclic amines) is 1. The summed E-state index contributed by atoms with van der Waals surface area (Å²) in [6, 6.07) is 7.58. The van der Waals surface area contributed by atoms with Gasteiger partial charge in [0.2, 0.25) is 11.8 Å². The van der Waals surface area contributed by atoms with E-state index in [2.05, 4.69) is 27.8 Å². The summed E-state index contributed by atoms with van der Waals surface area (Å²) in [5.41, 5.74) is 0.984. The van der Waals surface area contributed by atoms with Crippen LogP contribution >= 0.6 is 35.6 Å². The Morgan fingerprint density at radius 2 is 1.91 bits per heavy atom. The Morgan fingerprint density at radius 1 is 1.22 bits per heavy atom. The molecule has 0 radical (unpaired) electrons. The Bertz CT molecular complexity index is 879. The van der Waals surface area contributed by atoms with E-state index in [-0.39, 0.29) is 65.6 Å². The van der Waals surface area contributed by atoms with E-state index in [9.17, 15) is 9.59 Å². The van der Waals surface area contributed by atoms with Crippen LogP contribution in [0.2, 0.25) is 5.02 Å². The van der Waals surface area contributed by atoms with E-state index in [1.807, 2.05) is 24.3 Å². The number of hydrogen-bond acceptors (Lipinski definition) is 4. The second kappa shape index (κ2) is 11.0. The number of allylic oxidation sites excluding steroid dienone is 2. The highest BCUT2D eigenvalue weighted by Crippen LogP contribution is 2.52. The Hall–Kier alpha value is -1.65. The monoisotopic (exact) mass is 572 g/mol. The zero-order chi connectivity index (χ0) is 22.0. The molecule has 1 aromatic carbocycles. The lowest BCUT2D eigenvalue weighted by atomic mass is 9.85. The lowest BCUT2D eigenvalue weighted by Crippen LogP contribution is -2.41. The maximum Gasteiger partial charge on any atom is 0.233 e. The molecule has 2 amide bonds. The molecule has 5 atom stereocenters. The number of rotatable bonds is 8. The van der Waals surface area contributed by atoms with Crippen LogP contribution in [0.5, 0.6) is 0 Å². The lowest BCUT2D eigenvalue weighted by molar-refractivity contribution is -0.140. The molecule has 174 valence electrons. The van der Waals surface area contributed by atoms with Gasteiger partial charge in [0.25, 0.3) is 0 Å². The first-order valence-electron chi connectivity index (χ1n) is 10.8. The van der Waals surface area contributed by atoms with Crippen LogP contribution in [0.3, 0.4) is 0 Å². The molecule has 2 bridgehead atoms. The minimum atomic E-state index is -0.166. The van der Waals surface area contributed by atoms with Crippen molar-refractivity contribution in [1.29, 1.82) is 0 Å². The van der Waals surface area contributed by atoms with Gasteiger partial charge in [0.15, 0.2) is 5.96 Å². The summed E-state index contributed by atoms with van der Waals surface area (Å²) < 4.78 is 5.57. The molecule has 1 saturated heterocycles. The number of guanidine groups is 1. The fraction of sp³-hybridized carbons (Fsp3) is 0.522. The first-order valence-corrected chi connectivity index (χ1v) is 11.2. The quantitative estimate of drug-likeness (QED) is 0.125. The van der Waals surface area contributed by atoms with Crippen molar-refractivity contribution in [1.82, 2.24) is 15.5 Å². The maximum atomic E-state index is 12.7. The molecule has 1 heterocycles. The van der Waals surface area contributed by atoms with Crippen molar-refractivity contribution in [3.8, 4) is 0 Å². The molecule has 32 heavy (non-hydrogen) atoms. The third kappa shape index (κ3) is 4.97. The predicted molar refractivity (Wildman–Crippen MR) is 135 cm³/mol. The van der Waals surface area contributed by atoms with Crippen molar-refractivity contribution in [2.45, 2.75) is 18.9 Å². The van der Waals surface area contributed by atoms with Gasteiger partial charge in [-0.05, 0) is 42.4 Å². The standard InChI is InChI=1S/C23H29ClN4O3.HI/c1-25-23(27-13-18(31-2)14-5-3-6-17(24)12-14)26-9-4-10-28-21(29)19-15-7-8-16(11-15)20(19)22(28)30;/h3,5-8,12,15-16,18-20H,4,9-11,13H2,1-2H3,(H2,25,26,27);1H. The molecule has 3 aliphatic rings. The fourth-order valence-electron chi connectivity index (χ4n) is 5.08. The number of methoxy groups -OCH3 is 1. The van der Waals surface area contributed by atoms with E-state index in [4.69, 9.17) is 16.3 Å². The molecule has 1 aliphatic heterocycles. The minimum Gasteiger partial charge on any atom is -0.375 e. The number of aliphatic imine (C=N–C) groups is 1. The molecular weight excluding hydrogens is 543 g/mol. The van der Waals surface area contributed by atoms with Gasteiger partial charge in [-0.2, -0.15) is 0 Å². The fourth-order valence-corrected chi connectivity index (χ4v) is 5.28. The normalized spacial score (nSPS) is 26.8. The Morgan fingerprint density at radius 3 is 2.50 bits per heavy atom. The summed E-state index contributed by atoms with van der Waals surface area (Å²) in [6.07, 6.45) is 5.70. The molecule has 9 heteroatoms. The van der Waals surface area contributed by atoms with Crippen LogP contribution in [-0.2, 0) is 14.3 Å². The van der Waals surface area contributed by atoms with Gasteiger partial charge >= 0.3 is 0 Å². The molecule has 0 spiro atoms. The van der Waals surface area contributed by atoms with Gasteiger partial charge in [-0.1, -0.05) is 35.9 Å². The molecule has 7 nitrogen and oxygen atoms in total. The Kier molecular flexibility index (Phi) is 8.57. The van der Waals surface area contributed by atoms with Gasteiger partial charge in [0.05, 0.1) is 17.9 Å². The molecule has 1 saturated carbocycles. The van der Waals surface area contributed by atoms with E-state index in [1.54, 1.807) is 14.2 Å². The predicted octanol–water partition coefficient (Wildman–Crippen LogP) is 3.01. The average molecular weight is 573 g/mol. The molecule has 4 rings (SSSR count). The number of amides is 2. The number of fused-ring (bicyclic) bond motifs is 5. The van der Waals surface area contributed by atoms with Crippen LogP contribution in [0.4, 0.5) is 0 Å². The number of halogens is 2. The SMILES string of the molecule is CN=C(NCCCN1C(=O)C2C3C=CC(C3)C2C1=O)NCC(OC)c1cccc(Cl)c1.I. The van der Waals surface area contributed by atoms with Crippen LogP contribution in [0.25, 0.3) is 0 Å².